The third-order valence-corrected chi connectivity index (χ3v) is 4.16. The molecule has 0 aromatic heterocycles. The molecule has 1 N–H and O–H groups in total. The lowest BCUT2D eigenvalue weighted by Gasteiger charge is -2.36. The van der Waals surface area contributed by atoms with Crippen LogP contribution in [0.25, 0.3) is 0 Å². The van der Waals surface area contributed by atoms with E-state index in [9.17, 15) is 0 Å². The quantitative estimate of drug-likeness (QED) is 0.793. The van der Waals surface area contributed by atoms with Gasteiger partial charge in [0.05, 0.1) is 0 Å². The minimum Gasteiger partial charge on any atom is -0.310 e. The summed E-state index contributed by atoms with van der Waals surface area (Å²) in [4.78, 5) is 2.66. The molecule has 1 aliphatic heterocycles. The summed E-state index contributed by atoms with van der Waals surface area (Å²) in [5, 5.41) is 3.70. The van der Waals surface area contributed by atoms with Gasteiger partial charge in [0.25, 0.3) is 0 Å². The number of hydrogen-bond donors (Lipinski definition) is 1. The first kappa shape index (κ1) is 14.0. The Hall–Kier alpha value is -0.0800. The Kier molecular flexibility index (Phi) is 4.81. The van der Waals surface area contributed by atoms with Gasteiger partial charge in [0.1, 0.15) is 0 Å². The van der Waals surface area contributed by atoms with E-state index in [1.807, 2.05) is 0 Å². The Labute approximate surface area is 102 Å². The molecular weight excluding hydrogens is 196 g/mol. The van der Waals surface area contributed by atoms with Gasteiger partial charge in [0, 0.05) is 18.6 Å². The van der Waals surface area contributed by atoms with Gasteiger partial charge in [-0.25, -0.2) is 0 Å². The molecular formula is C14H30N2. The highest BCUT2D eigenvalue weighted by atomic mass is 15.2. The van der Waals surface area contributed by atoms with Gasteiger partial charge in [0.15, 0.2) is 0 Å². The molecule has 1 heterocycles. The van der Waals surface area contributed by atoms with Gasteiger partial charge in [-0.05, 0) is 44.7 Å². The zero-order valence-electron chi connectivity index (χ0n) is 11.9. The lowest BCUT2D eigenvalue weighted by Crippen LogP contribution is -2.49. The van der Waals surface area contributed by atoms with Gasteiger partial charge in [-0.1, -0.05) is 27.7 Å². The summed E-state index contributed by atoms with van der Waals surface area (Å²) in [6.45, 7) is 16.6. The Morgan fingerprint density at radius 1 is 1.31 bits per heavy atom. The lowest BCUT2D eigenvalue weighted by molar-refractivity contribution is 0.147. The molecule has 1 rings (SSSR count). The van der Waals surface area contributed by atoms with E-state index < -0.39 is 0 Å². The highest BCUT2D eigenvalue weighted by Crippen LogP contribution is 2.24. The Bertz CT molecular complexity index is 213. The minimum atomic E-state index is 0.320. The second-order valence-electron chi connectivity index (χ2n) is 6.42. The Balaban J connectivity index is 2.59. The summed E-state index contributed by atoms with van der Waals surface area (Å²) in [5.41, 5.74) is 0.777. The summed E-state index contributed by atoms with van der Waals surface area (Å²) in [6, 6.07) is 0. The summed E-state index contributed by atoms with van der Waals surface area (Å²) in [6.07, 6.45) is 3.77. The van der Waals surface area contributed by atoms with Crippen LogP contribution in [-0.2, 0) is 0 Å². The third kappa shape index (κ3) is 4.06. The molecule has 1 fully saturated rings. The number of rotatable bonds is 4. The number of hydrogen-bond acceptors (Lipinski definition) is 2. The van der Waals surface area contributed by atoms with Crippen LogP contribution < -0.4 is 5.32 Å². The molecule has 0 aromatic carbocycles. The van der Waals surface area contributed by atoms with Crippen molar-refractivity contribution in [1.29, 1.82) is 0 Å². The maximum atomic E-state index is 3.70. The third-order valence-electron chi connectivity index (χ3n) is 4.16. The fourth-order valence-electron chi connectivity index (χ4n) is 2.41. The second-order valence-corrected chi connectivity index (χ2v) is 6.42. The van der Waals surface area contributed by atoms with Crippen molar-refractivity contribution < 1.29 is 0 Å². The molecule has 2 nitrogen and oxygen atoms in total. The highest BCUT2D eigenvalue weighted by Gasteiger charge is 2.29. The molecule has 96 valence electrons. The normalized spacial score (nSPS) is 29.1. The van der Waals surface area contributed by atoms with Crippen molar-refractivity contribution in [2.45, 2.75) is 59.4 Å². The van der Waals surface area contributed by atoms with E-state index in [0.29, 0.717) is 11.0 Å². The van der Waals surface area contributed by atoms with E-state index in [1.54, 1.807) is 0 Å². The van der Waals surface area contributed by atoms with Crippen molar-refractivity contribution in [3.8, 4) is 0 Å². The van der Waals surface area contributed by atoms with Gasteiger partial charge >= 0.3 is 0 Å². The second kappa shape index (κ2) is 5.50. The SMILES string of the molecule is CCC(C)(C)CN1CCCNC(C)(CC)C1. The topological polar surface area (TPSA) is 15.3 Å². The molecule has 0 radical (unpaired) electrons. The van der Waals surface area contributed by atoms with Crippen molar-refractivity contribution in [2.75, 3.05) is 26.2 Å². The summed E-state index contributed by atoms with van der Waals surface area (Å²) in [5.74, 6) is 0. The number of nitrogens with zero attached hydrogens (tertiary/aromatic N) is 1. The van der Waals surface area contributed by atoms with E-state index >= 15 is 0 Å². The van der Waals surface area contributed by atoms with Crippen LogP contribution >= 0.6 is 0 Å². The van der Waals surface area contributed by atoms with Gasteiger partial charge in [-0.15, -0.1) is 0 Å². The van der Waals surface area contributed by atoms with Crippen LogP contribution in [0.4, 0.5) is 0 Å². The Morgan fingerprint density at radius 2 is 2.00 bits per heavy atom. The molecule has 0 spiro atoms. The van der Waals surface area contributed by atoms with Crippen molar-refractivity contribution in [2.24, 2.45) is 5.41 Å². The van der Waals surface area contributed by atoms with Gasteiger partial charge in [-0.3, -0.25) is 0 Å². The largest absolute Gasteiger partial charge is 0.310 e. The maximum Gasteiger partial charge on any atom is 0.0277 e. The summed E-state index contributed by atoms with van der Waals surface area (Å²) >= 11 is 0. The zero-order chi connectivity index (χ0) is 12.2. The predicted molar refractivity (Wildman–Crippen MR) is 71.8 cm³/mol. The van der Waals surface area contributed by atoms with Crippen molar-refractivity contribution in [3.05, 3.63) is 0 Å². The Morgan fingerprint density at radius 3 is 2.56 bits per heavy atom. The molecule has 0 bridgehead atoms. The summed E-state index contributed by atoms with van der Waals surface area (Å²) in [7, 11) is 0. The lowest BCUT2D eigenvalue weighted by atomic mass is 9.88. The van der Waals surface area contributed by atoms with Crippen LogP contribution in [0.1, 0.15) is 53.9 Å². The first-order valence-corrected chi connectivity index (χ1v) is 6.88. The monoisotopic (exact) mass is 226 g/mol. The molecule has 2 heteroatoms. The van der Waals surface area contributed by atoms with Crippen LogP contribution in [0.5, 0.6) is 0 Å². The highest BCUT2D eigenvalue weighted by molar-refractivity contribution is 4.89. The zero-order valence-corrected chi connectivity index (χ0v) is 11.9. The molecule has 1 aliphatic rings. The molecule has 1 atom stereocenters. The molecule has 1 unspecified atom stereocenters. The fraction of sp³-hybridized carbons (Fsp3) is 1.00. The van der Waals surface area contributed by atoms with Crippen molar-refractivity contribution in [3.63, 3.8) is 0 Å². The maximum absolute atomic E-state index is 3.70. The van der Waals surface area contributed by atoms with Crippen LogP contribution in [0.15, 0.2) is 0 Å². The van der Waals surface area contributed by atoms with E-state index in [-0.39, 0.29) is 0 Å². The molecule has 0 aromatic rings. The van der Waals surface area contributed by atoms with Crippen molar-refractivity contribution in [1.82, 2.24) is 10.2 Å². The molecule has 16 heavy (non-hydrogen) atoms. The average Bonchev–Trinajstić information content (AvgIpc) is 2.41. The first-order valence-electron chi connectivity index (χ1n) is 6.88. The van der Waals surface area contributed by atoms with Gasteiger partial charge < -0.3 is 10.2 Å². The fourth-order valence-corrected chi connectivity index (χ4v) is 2.41. The van der Waals surface area contributed by atoms with Crippen LogP contribution in [0.3, 0.4) is 0 Å². The van der Waals surface area contributed by atoms with E-state index in [1.165, 1.54) is 45.4 Å². The van der Waals surface area contributed by atoms with Crippen LogP contribution in [0, 0.1) is 5.41 Å². The molecule has 0 aliphatic carbocycles. The first-order chi connectivity index (χ1) is 7.41. The van der Waals surface area contributed by atoms with E-state index in [2.05, 4.69) is 44.8 Å². The van der Waals surface area contributed by atoms with E-state index in [0.717, 1.165) is 0 Å². The number of nitrogens with one attached hydrogen (secondary N) is 1. The average molecular weight is 226 g/mol. The smallest absolute Gasteiger partial charge is 0.0277 e. The summed E-state index contributed by atoms with van der Waals surface area (Å²) < 4.78 is 0. The van der Waals surface area contributed by atoms with E-state index in [4.69, 9.17) is 0 Å². The predicted octanol–water partition coefficient (Wildman–Crippen LogP) is 2.89. The van der Waals surface area contributed by atoms with Gasteiger partial charge in [0.2, 0.25) is 0 Å². The van der Waals surface area contributed by atoms with Gasteiger partial charge in [-0.2, -0.15) is 0 Å². The van der Waals surface area contributed by atoms with Crippen molar-refractivity contribution >= 4 is 0 Å². The standard InChI is InChI=1S/C14H30N2/c1-6-13(3,4)11-16-10-8-9-15-14(5,7-2)12-16/h15H,6-12H2,1-5H3. The minimum absolute atomic E-state index is 0.320. The molecule has 1 saturated heterocycles. The molecule has 0 amide bonds. The van der Waals surface area contributed by atoms with Crippen LogP contribution in [-0.4, -0.2) is 36.6 Å². The molecule has 0 saturated carbocycles. The van der Waals surface area contributed by atoms with Crippen LogP contribution in [0.2, 0.25) is 0 Å².